The molecule has 0 spiro atoms. The van der Waals surface area contributed by atoms with Crippen LogP contribution >= 0.6 is 0 Å². The van der Waals surface area contributed by atoms with Crippen LogP contribution in [0.25, 0.3) is 22.3 Å². The second-order valence-electron chi connectivity index (χ2n) is 6.13. The summed E-state index contributed by atoms with van der Waals surface area (Å²) in [7, 11) is -1.23. The molecule has 0 aliphatic rings. The molecule has 1 atom stereocenters. The van der Waals surface area contributed by atoms with E-state index in [1.165, 1.54) is 12.1 Å². The summed E-state index contributed by atoms with van der Waals surface area (Å²) < 4.78 is 12.0. The number of rotatable bonds is 5. The van der Waals surface area contributed by atoms with Gasteiger partial charge in [0.15, 0.2) is 0 Å². The van der Waals surface area contributed by atoms with Gasteiger partial charge >= 0.3 is 11.9 Å². The van der Waals surface area contributed by atoms with E-state index in [4.69, 9.17) is 5.73 Å². The first-order chi connectivity index (χ1) is 13.7. The van der Waals surface area contributed by atoms with E-state index in [0.717, 1.165) is 5.56 Å². The number of anilines is 1. The lowest BCUT2D eigenvalue weighted by molar-refractivity contribution is 0.0695. The van der Waals surface area contributed by atoms with E-state index >= 15 is 0 Å². The molecule has 9 heteroatoms. The molecule has 148 valence electrons. The molecule has 0 aliphatic heterocycles. The van der Waals surface area contributed by atoms with Crippen LogP contribution in [0.5, 0.6) is 0 Å². The number of H-pyrrole nitrogens is 1. The summed E-state index contributed by atoms with van der Waals surface area (Å²) in [4.78, 5) is 38.1. The first-order valence-electron chi connectivity index (χ1n) is 8.28. The summed E-state index contributed by atoms with van der Waals surface area (Å²) in [6.07, 6.45) is 1.56. The molecule has 0 aliphatic carbocycles. The van der Waals surface area contributed by atoms with Gasteiger partial charge in [-0.15, -0.1) is 0 Å². The third-order valence-corrected chi connectivity index (χ3v) is 5.33. The molecule has 0 bridgehead atoms. The Labute approximate surface area is 167 Å². The van der Waals surface area contributed by atoms with Crippen molar-refractivity contribution in [3.63, 3.8) is 0 Å². The fraction of sp³-hybridized carbons (Fsp3) is 0.0500. The molecule has 5 N–H and O–H groups in total. The fourth-order valence-corrected chi connectivity index (χ4v) is 3.87. The van der Waals surface area contributed by atoms with Crippen LogP contribution in [0, 0.1) is 0 Å². The summed E-state index contributed by atoms with van der Waals surface area (Å²) in [5.74, 6) is -3.47. The van der Waals surface area contributed by atoms with Crippen LogP contribution in [0.1, 0.15) is 20.7 Å². The quantitative estimate of drug-likeness (QED) is 0.502. The number of aromatic carboxylic acids is 2. The highest BCUT2D eigenvalue weighted by Gasteiger charge is 2.26. The van der Waals surface area contributed by atoms with Gasteiger partial charge in [0.1, 0.15) is 16.9 Å². The van der Waals surface area contributed by atoms with E-state index in [1.54, 1.807) is 42.7 Å². The maximum absolute atomic E-state index is 12.1. The van der Waals surface area contributed by atoms with Crippen molar-refractivity contribution < 1.29 is 24.0 Å². The van der Waals surface area contributed by atoms with E-state index in [1.807, 2.05) is 0 Å². The lowest BCUT2D eigenvalue weighted by atomic mass is 9.94. The number of hydrogen-bond donors (Lipinski definition) is 4. The van der Waals surface area contributed by atoms with Gasteiger partial charge in [0, 0.05) is 16.7 Å². The van der Waals surface area contributed by atoms with Gasteiger partial charge in [-0.25, -0.2) is 9.59 Å². The Morgan fingerprint density at radius 2 is 1.48 bits per heavy atom. The van der Waals surface area contributed by atoms with Crippen molar-refractivity contribution in [1.29, 1.82) is 0 Å². The maximum atomic E-state index is 12.1. The number of benzene rings is 2. The SMILES string of the molecule is CS(=O)c1ccccc1-c1ccc(-c2c(C(=O)O)c(N)[nH]c(=O)c2C(=O)O)cc1. The Bertz CT molecular complexity index is 1210. The Balaban J connectivity index is 2.24. The van der Waals surface area contributed by atoms with Crippen LogP contribution in [-0.4, -0.2) is 37.6 Å². The molecular formula is C20H16N2O6S. The highest BCUT2D eigenvalue weighted by atomic mass is 32.2. The summed E-state index contributed by atoms with van der Waals surface area (Å²) in [6, 6.07) is 13.4. The minimum absolute atomic E-state index is 0.205. The number of aromatic amines is 1. The van der Waals surface area contributed by atoms with Crippen molar-refractivity contribution in [1.82, 2.24) is 4.98 Å². The number of carboxylic acids is 2. The van der Waals surface area contributed by atoms with Crippen LogP contribution in [-0.2, 0) is 10.8 Å². The molecule has 3 aromatic rings. The molecular weight excluding hydrogens is 396 g/mol. The molecule has 0 fully saturated rings. The van der Waals surface area contributed by atoms with Crippen molar-refractivity contribution in [3.8, 4) is 22.3 Å². The minimum atomic E-state index is -1.57. The Kier molecular flexibility index (Phi) is 5.33. The predicted molar refractivity (Wildman–Crippen MR) is 109 cm³/mol. The van der Waals surface area contributed by atoms with Crippen LogP contribution in [0.3, 0.4) is 0 Å². The van der Waals surface area contributed by atoms with Gasteiger partial charge in [-0.2, -0.15) is 0 Å². The Hall–Kier alpha value is -3.72. The second-order valence-corrected chi connectivity index (χ2v) is 7.48. The van der Waals surface area contributed by atoms with Crippen LogP contribution < -0.4 is 11.3 Å². The van der Waals surface area contributed by atoms with Crippen LogP contribution in [0.4, 0.5) is 5.82 Å². The molecule has 0 saturated carbocycles. The molecule has 0 saturated heterocycles. The third kappa shape index (κ3) is 3.67. The van der Waals surface area contributed by atoms with Crippen molar-refractivity contribution in [2.24, 2.45) is 0 Å². The predicted octanol–water partition coefficient (Wildman–Crippen LogP) is 2.42. The smallest absolute Gasteiger partial charge is 0.342 e. The number of aromatic nitrogens is 1. The zero-order chi connectivity index (χ0) is 21.3. The molecule has 1 aromatic heterocycles. The van der Waals surface area contributed by atoms with Gasteiger partial charge < -0.3 is 20.9 Å². The first kappa shape index (κ1) is 20.0. The zero-order valence-electron chi connectivity index (χ0n) is 15.1. The molecule has 3 rings (SSSR count). The minimum Gasteiger partial charge on any atom is -0.478 e. The van der Waals surface area contributed by atoms with E-state index in [9.17, 15) is 28.8 Å². The molecule has 1 unspecified atom stereocenters. The lowest BCUT2D eigenvalue weighted by Gasteiger charge is -2.13. The first-order valence-corrected chi connectivity index (χ1v) is 9.83. The molecule has 8 nitrogen and oxygen atoms in total. The van der Waals surface area contributed by atoms with Crippen molar-refractivity contribution in [3.05, 3.63) is 70.0 Å². The molecule has 0 amide bonds. The number of carbonyl (C=O) groups is 2. The average molecular weight is 412 g/mol. The van der Waals surface area contributed by atoms with Crippen molar-refractivity contribution >= 4 is 28.6 Å². The van der Waals surface area contributed by atoms with Gasteiger partial charge in [0.2, 0.25) is 0 Å². The fourth-order valence-electron chi connectivity index (χ4n) is 3.11. The van der Waals surface area contributed by atoms with E-state index in [-0.39, 0.29) is 11.1 Å². The van der Waals surface area contributed by atoms with Crippen molar-refractivity contribution in [2.45, 2.75) is 4.90 Å². The number of hydrogen-bond acceptors (Lipinski definition) is 5. The molecule has 0 radical (unpaired) electrons. The summed E-state index contributed by atoms with van der Waals surface area (Å²) in [5.41, 5.74) is 4.80. The van der Waals surface area contributed by atoms with Gasteiger partial charge in [-0.1, -0.05) is 42.5 Å². The van der Waals surface area contributed by atoms with E-state index < -0.39 is 45.2 Å². The monoisotopic (exact) mass is 412 g/mol. The Morgan fingerprint density at radius 3 is 2.03 bits per heavy atom. The summed E-state index contributed by atoms with van der Waals surface area (Å²) in [6.45, 7) is 0. The highest BCUT2D eigenvalue weighted by molar-refractivity contribution is 7.84. The lowest BCUT2D eigenvalue weighted by Crippen LogP contribution is -2.24. The van der Waals surface area contributed by atoms with E-state index in [2.05, 4.69) is 4.98 Å². The molecule has 1 heterocycles. The second kappa shape index (κ2) is 7.72. The summed E-state index contributed by atoms with van der Waals surface area (Å²) in [5, 5.41) is 19.0. The van der Waals surface area contributed by atoms with E-state index in [0.29, 0.717) is 10.5 Å². The number of pyridine rings is 1. The standard InChI is InChI=1S/C20H16N2O6S/c1-29(28)13-5-3-2-4-12(13)10-6-8-11(9-7-10)14-15(19(24)25)17(21)22-18(23)16(14)20(26)27/h2-9H,1H3,(H,24,25)(H,26,27)(H3,21,22,23). The highest BCUT2D eigenvalue weighted by Crippen LogP contribution is 2.32. The number of nitrogens with one attached hydrogen (secondary N) is 1. The molecule has 2 aromatic carbocycles. The zero-order valence-corrected chi connectivity index (χ0v) is 15.9. The third-order valence-electron chi connectivity index (χ3n) is 4.35. The van der Waals surface area contributed by atoms with Gasteiger partial charge in [-0.05, 0) is 22.8 Å². The van der Waals surface area contributed by atoms with Gasteiger partial charge in [-0.3, -0.25) is 9.00 Å². The number of nitrogens with two attached hydrogens (primary N) is 1. The average Bonchev–Trinajstić information content (AvgIpc) is 2.66. The van der Waals surface area contributed by atoms with Crippen LogP contribution in [0.2, 0.25) is 0 Å². The largest absolute Gasteiger partial charge is 0.478 e. The Morgan fingerprint density at radius 1 is 0.931 bits per heavy atom. The molecule has 29 heavy (non-hydrogen) atoms. The van der Waals surface area contributed by atoms with Gasteiger partial charge in [0.25, 0.3) is 5.56 Å². The number of nitrogen functional groups attached to an aromatic ring is 1. The topological polar surface area (TPSA) is 151 Å². The van der Waals surface area contributed by atoms with Crippen LogP contribution in [0.15, 0.2) is 58.2 Å². The maximum Gasteiger partial charge on any atom is 0.342 e. The summed E-state index contributed by atoms with van der Waals surface area (Å²) >= 11 is 0. The van der Waals surface area contributed by atoms with Gasteiger partial charge in [0.05, 0.1) is 10.8 Å². The normalized spacial score (nSPS) is 11.8. The van der Waals surface area contributed by atoms with Crippen molar-refractivity contribution in [2.75, 3.05) is 12.0 Å². The number of carboxylic acid groups (broad SMARTS) is 2.